The van der Waals surface area contributed by atoms with Crippen LogP contribution in [0.3, 0.4) is 0 Å². The normalized spacial score (nSPS) is 25.6. The first kappa shape index (κ1) is 15.0. The molecule has 2 aliphatic rings. The van der Waals surface area contributed by atoms with Crippen LogP contribution in [0.25, 0.3) is 0 Å². The highest BCUT2D eigenvalue weighted by atomic mass is 19.1. The van der Waals surface area contributed by atoms with E-state index >= 15 is 0 Å². The van der Waals surface area contributed by atoms with Crippen LogP contribution in [-0.2, 0) is 4.74 Å². The summed E-state index contributed by atoms with van der Waals surface area (Å²) < 4.78 is 19.4. The number of hydrogen-bond donors (Lipinski definition) is 1. The molecule has 2 atom stereocenters. The van der Waals surface area contributed by atoms with Gasteiger partial charge in [-0.2, -0.15) is 0 Å². The van der Waals surface area contributed by atoms with E-state index in [2.05, 4.69) is 12.2 Å². The predicted molar refractivity (Wildman–Crippen MR) is 82.8 cm³/mol. The average molecular weight is 291 g/mol. The molecule has 3 heteroatoms. The van der Waals surface area contributed by atoms with Crippen molar-refractivity contribution in [3.05, 3.63) is 35.1 Å². The molecule has 21 heavy (non-hydrogen) atoms. The largest absolute Gasteiger partial charge is 0.375 e. The second-order valence-electron chi connectivity index (χ2n) is 6.67. The number of ether oxygens (including phenoxy) is 1. The Balaban J connectivity index is 1.83. The van der Waals surface area contributed by atoms with E-state index in [9.17, 15) is 4.39 Å². The van der Waals surface area contributed by atoms with Crippen LogP contribution in [0.2, 0.25) is 0 Å². The van der Waals surface area contributed by atoms with Crippen LogP contribution >= 0.6 is 0 Å². The number of rotatable bonds is 4. The molecule has 1 aliphatic carbocycles. The third kappa shape index (κ3) is 3.00. The Morgan fingerprint density at radius 1 is 1.43 bits per heavy atom. The van der Waals surface area contributed by atoms with Gasteiger partial charge in [-0.1, -0.05) is 13.0 Å². The summed E-state index contributed by atoms with van der Waals surface area (Å²) in [5.41, 5.74) is 2.46. The maximum absolute atomic E-state index is 13.4. The first-order chi connectivity index (χ1) is 10.1. The van der Waals surface area contributed by atoms with Gasteiger partial charge in [0.1, 0.15) is 5.82 Å². The lowest BCUT2D eigenvalue weighted by Crippen LogP contribution is -2.48. The number of nitrogens with one attached hydrogen (secondary N) is 1. The summed E-state index contributed by atoms with van der Waals surface area (Å²) in [6, 6.07) is 5.52. The maximum atomic E-state index is 13.4. The van der Waals surface area contributed by atoms with Gasteiger partial charge in [-0.15, -0.1) is 0 Å². The van der Waals surface area contributed by atoms with Crippen molar-refractivity contribution < 1.29 is 9.13 Å². The van der Waals surface area contributed by atoms with E-state index in [1.165, 1.54) is 24.8 Å². The molecule has 2 fully saturated rings. The molecule has 1 saturated heterocycles. The molecule has 1 spiro atoms. The van der Waals surface area contributed by atoms with Gasteiger partial charge in [-0.3, -0.25) is 0 Å². The zero-order chi connectivity index (χ0) is 14.9. The third-order valence-corrected chi connectivity index (χ3v) is 5.26. The van der Waals surface area contributed by atoms with E-state index in [4.69, 9.17) is 4.74 Å². The van der Waals surface area contributed by atoms with Crippen molar-refractivity contribution in [3.8, 4) is 0 Å². The van der Waals surface area contributed by atoms with Crippen LogP contribution in [-0.4, -0.2) is 18.8 Å². The lowest BCUT2D eigenvalue weighted by atomic mass is 9.69. The second-order valence-corrected chi connectivity index (χ2v) is 6.67. The fourth-order valence-corrected chi connectivity index (χ4v) is 4.01. The molecule has 1 N–H and O–H groups in total. The minimum atomic E-state index is -0.145. The van der Waals surface area contributed by atoms with Gasteiger partial charge in [-0.05, 0) is 74.8 Å². The molecule has 2 nitrogen and oxygen atoms in total. The predicted octanol–water partition coefficient (Wildman–Crippen LogP) is 4.13. The molecular weight excluding hydrogens is 265 g/mol. The molecule has 0 amide bonds. The smallest absolute Gasteiger partial charge is 0.123 e. The molecule has 1 aliphatic heterocycles. The zero-order valence-corrected chi connectivity index (χ0v) is 13.1. The van der Waals surface area contributed by atoms with Crippen LogP contribution in [0.15, 0.2) is 18.2 Å². The van der Waals surface area contributed by atoms with Crippen LogP contribution in [0.5, 0.6) is 0 Å². The number of aryl methyl sites for hydroxylation is 1. The Hall–Kier alpha value is -0.930. The Bertz CT molecular complexity index is 498. The minimum absolute atomic E-state index is 0.145. The van der Waals surface area contributed by atoms with Gasteiger partial charge in [-0.25, -0.2) is 4.39 Å². The topological polar surface area (TPSA) is 21.3 Å². The highest BCUT2D eigenvalue weighted by molar-refractivity contribution is 5.30. The van der Waals surface area contributed by atoms with Crippen molar-refractivity contribution in [2.75, 3.05) is 13.2 Å². The molecule has 1 heterocycles. The number of benzene rings is 1. The third-order valence-electron chi connectivity index (χ3n) is 5.26. The first-order valence-corrected chi connectivity index (χ1v) is 8.27. The van der Waals surface area contributed by atoms with Gasteiger partial charge >= 0.3 is 0 Å². The molecule has 0 aromatic heterocycles. The van der Waals surface area contributed by atoms with Gasteiger partial charge in [0.2, 0.25) is 0 Å². The van der Waals surface area contributed by atoms with Gasteiger partial charge < -0.3 is 10.1 Å². The van der Waals surface area contributed by atoms with Crippen LogP contribution in [0.1, 0.15) is 56.2 Å². The molecule has 3 rings (SSSR count). The lowest BCUT2D eigenvalue weighted by molar-refractivity contribution is -0.147. The number of hydrogen-bond acceptors (Lipinski definition) is 2. The van der Waals surface area contributed by atoms with E-state index in [0.29, 0.717) is 12.0 Å². The molecule has 1 saturated carbocycles. The van der Waals surface area contributed by atoms with Crippen molar-refractivity contribution in [2.24, 2.45) is 5.92 Å². The summed E-state index contributed by atoms with van der Waals surface area (Å²) in [6.45, 7) is 5.96. The monoisotopic (exact) mass is 291 g/mol. The molecule has 0 bridgehead atoms. The van der Waals surface area contributed by atoms with Crippen molar-refractivity contribution in [2.45, 2.75) is 57.6 Å². The van der Waals surface area contributed by atoms with Crippen LogP contribution in [0.4, 0.5) is 4.39 Å². The molecule has 1 aromatic carbocycles. The first-order valence-electron chi connectivity index (χ1n) is 8.27. The fraction of sp³-hybridized carbons (Fsp3) is 0.667. The van der Waals surface area contributed by atoms with Crippen LogP contribution < -0.4 is 5.32 Å². The average Bonchev–Trinajstić information content (AvgIpc) is 2.44. The summed E-state index contributed by atoms with van der Waals surface area (Å²) >= 11 is 0. The van der Waals surface area contributed by atoms with E-state index in [1.807, 2.05) is 13.0 Å². The standard InChI is InChI=1S/C18H26FNO/c1-3-20-17(16-6-5-15(19)11-13(16)2)14-7-10-21-18(12-14)8-4-9-18/h5-6,11,14,17,20H,3-4,7-10,12H2,1-2H3. The van der Waals surface area contributed by atoms with Crippen molar-refractivity contribution in [1.82, 2.24) is 5.32 Å². The molecule has 0 radical (unpaired) electrons. The van der Waals surface area contributed by atoms with Crippen molar-refractivity contribution in [3.63, 3.8) is 0 Å². The molecule has 2 unspecified atom stereocenters. The Labute approximate surface area is 127 Å². The molecular formula is C18H26FNO. The zero-order valence-electron chi connectivity index (χ0n) is 13.1. The fourth-order valence-electron chi connectivity index (χ4n) is 4.01. The summed E-state index contributed by atoms with van der Waals surface area (Å²) in [4.78, 5) is 0. The quantitative estimate of drug-likeness (QED) is 0.900. The summed E-state index contributed by atoms with van der Waals surface area (Å²) in [5, 5.41) is 3.64. The summed E-state index contributed by atoms with van der Waals surface area (Å²) in [7, 11) is 0. The van der Waals surface area contributed by atoms with Crippen molar-refractivity contribution >= 4 is 0 Å². The lowest BCUT2D eigenvalue weighted by Gasteiger charge is -2.49. The Kier molecular flexibility index (Phi) is 4.32. The van der Waals surface area contributed by atoms with Crippen molar-refractivity contribution in [1.29, 1.82) is 0 Å². The summed E-state index contributed by atoms with van der Waals surface area (Å²) in [5.74, 6) is 0.442. The highest BCUT2D eigenvalue weighted by Gasteiger charge is 2.44. The minimum Gasteiger partial charge on any atom is -0.375 e. The SMILES string of the molecule is CCNC(c1ccc(F)cc1C)C1CCOC2(CCC2)C1. The molecule has 1 aromatic rings. The van der Waals surface area contributed by atoms with E-state index in [1.54, 1.807) is 12.1 Å². The van der Waals surface area contributed by atoms with E-state index < -0.39 is 0 Å². The summed E-state index contributed by atoms with van der Waals surface area (Å²) in [6.07, 6.45) is 5.96. The Morgan fingerprint density at radius 3 is 2.86 bits per heavy atom. The Morgan fingerprint density at radius 2 is 2.24 bits per heavy atom. The van der Waals surface area contributed by atoms with Gasteiger partial charge in [0, 0.05) is 12.6 Å². The van der Waals surface area contributed by atoms with Gasteiger partial charge in [0.05, 0.1) is 5.60 Å². The van der Waals surface area contributed by atoms with Gasteiger partial charge in [0.25, 0.3) is 0 Å². The molecule has 116 valence electrons. The second kappa shape index (κ2) is 6.05. The van der Waals surface area contributed by atoms with E-state index in [0.717, 1.165) is 31.6 Å². The highest BCUT2D eigenvalue weighted by Crippen LogP contribution is 2.47. The van der Waals surface area contributed by atoms with Crippen LogP contribution in [0, 0.1) is 18.7 Å². The van der Waals surface area contributed by atoms with E-state index in [-0.39, 0.29) is 11.4 Å². The van der Waals surface area contributed by atoms with Gasteiger partial charge in [0.15, 0.2) is 0 Å². The maximum Gasteiger partial charge on any atom is 0.123 e. The number of halogens is 1.